The number of ether oxygens (including phenoxy) is 1. The zero-order valence-corrected chi connectivity index (χ0v) is 16.1. The molecule has 4 nitrogen and oxygen atoms in total. The second kappa shape index (κ2) is 9.01. The number of allylic oxidation sites excluding steroid dienone is 2. The van der Waals surface area contributed by atoms with Gasteiger partial charge in [0.05, 0.1) is 17.8 Å². The van der Waals surface area contributed by atoms with Gasteiger partial charge in [-0.25, -0.2) is 4.98 Å². The van der Waals surface area contributed by atoms with E-state index in [9.17, 15) is 0 Å². The number of aliphatic hydroxyl groups excluding tert-OH is 1. The maximum Gasteiger partial charge on any atom is 0.183 e. The van der Waals surface area contributed by atoms with Crippen LogP contribution in [0.3, 0.4) is 0 Å². The molecule has 0 bridgehead atoms. The molecule has 138 valence electrons. The number of aromatic nitrogens is 1. The molecule has 1 atom stereocenters. The van der Waals surface area contributed by atoms with Crippen LogP contribution in [0.1, 0.15) is 33.1 Å². The van der Waals surface area contributed by atoms with Gasteiger partial charge >= 0.3 is 0 Å². The summed E-state index contributed by atoms with van der Waals surface area (Å²) in [5.74, 6) is 0.883. The first-order valence-electron chi connectivity index (χ1n) is 9.11. The summed E-state index contributed by atoms with van der Waals surface area (Å²) in [6.07, 6.45) is 9.48. The zero-order chi connectivity index (χ0) is 18.4. The normalized spacial score (nSPS) is 16.6. The molecule has 1 aliphatic carbocycles. The first-order valence-corrected chi connectivity index (χ1v) is 9.99. The quantitative estimate of drug-likeness (QED) is 0.684. The number of hydrogen-bond donors (Lipinski definition) is 2. The first-order chi connectivity index (χ1) is 12.6. The predicted octanol–water partition coefficient (Wildman–Crippen LogP) is 5.04. The lowest BCUT2D eigenvalue weighted by atomic mass is 10.00. The number of rotatable bonds is 8. The predicted molar refractivity (Wildman–Crippen MR) is 109 cm³/mol. The molecule has 1 unspecified atom stereocenters. The molecule has 0 fully saturated rings. The van der Waals surface area contributed by atoms with E-state index in [-0.39, 0.29) is 18.8 Å². The van der Waals surface area contributed by atoms with Crippen LogP contribution in [0, 0.1) is 0 Å². The van der Waals surface area contributed by atoms with Crippen molar-refractivity contribution >= 4 is 16.5 Å². The molecule has 3 rings (SSSR count). The number of anilines is 1. The second-order valence-corrected chi connectivity index (χ2v) is 7.54. The Labute approximate surface area is 159 Å². The molecular formula is C21H26N2O2S. The standard InChI is InChI=1S/C21H26N2O2S/c1-15(2)25-19-11-7-17(8-12-19)20-14-26-21(23-20)22-18-9-5-16(6-10-18)4-3-13-24/h5-9,11-12,14-15,18,24H,3-4,10,13H2,1-2H3,(H,22,23). The molecular weight excluding hydrogens is 344 g/mol. The lowest BCUT2D eigenvalue weighted by molar-refractivity contribution is 0.242. The van der Waals surface area contributed by atoms with E-state index in [1.54, 1.807) is 11.3 Å². The molecule has 1 aromatic heterocycles. The van der Waals surface area contributed by atoms with Crippen LogP contribution in [-0.2, 0) is 0 Å². The summed E-state index contributed by atoms with van der Waals surface area (Å²) in [5, 5.41) is 15.4. The highest BCUT2D eigenvalue weighted by atomic mass is 32.1. The summed E-state index contributed by atoms with van der Waals surface area (Å²) in [6.45, 7) is 4.30. The van der Waals surface area contributed by atoms with E-state index in [0.717, 1.165) is 41.4 Å². The molecule has 0 saturated heterocycles. The van der Waals surface area contributed by atoms with Gasteiger partial charge in [-0.3, -0.25) is 0 Å². The van der Waals surface area contributed by atoms with Gasteiger partial charge in [-0.1, -0.05) is 23.8 Å². The topological polar surface area (TPSA) is 54.4 Å². The number of hydrogen-bond acceptors (Lipinski definition) is 5. The van der Waals surface area contributed by atoms with Crippen molar-refractivity contribution in [3.63, 3.8) is 0 Å². The average molecular weight is 371 g/mol. The fraction of sp³-hybridized carbons (Fsp3) is 0.381. The van der Waals surface area contributed by atoms with Gasteiger partial charge in [0.1, 0.15) is 5.75 Å². The Morgan fingerprint density at radius 1 is 1.31 bits per heavy atom. The van der Waals surface area contributed by atoms with Gasteiger partial charge in [0.2, 0.25) is 0 Å². The molecule has 26 heavy (non-hydrogen) atoms. The highest BCUT2D eigenvalue weighted by molar-refractivity contribution is 7.14. The maximum atomic E-state index is 8.92. The molecule has 2 aromatic rings. The Morgan fingerprint density at radius 3 is 2.77 bits per heavy atom. The van der Waals surface area contributed by atoms with E-state index >= 15 is 0 Å². The largest absolute Gasteiger partial charge is 0.491 e. The molecule has 0 amide bonds. The highest BCUT2D eigenvalue weighted by Crippen LogP contribution is 2.28. The molecule has 1 aliphatic rings. The zero-order valence-electron chi connectivity index (χ0n) is 15.3. The van der Waals surface area contributed by atoms with Crippen LogP contribution in [0.2, 0.25) is 0 Å². The molecule has 0 radical (unpaired) electrons. The van der Waals surface area contributed by atoms with Crippen LogP contribution in [-0.4, -0.2) is 28.8 Å². The van der Waals surface area contributed by atoms with Crippen molar-refractivity contribution < 1.29 is 9.84 Å². The summed E-state index contributed by atoms with van der Waals surface area (Å²) in [5.41, 5.74) is 3.38. The number of benzene rings is 1. The van der Waals surface area contributed by atoms with Gasteiger partial charge in [-0.2, -0.15) is 0 Å². The van der Waals surface area contributed by atoms with Crippen LogP contribution in [0.4, 0.5) is 5.13 Å². The third-order valence-corrected chi connectivity index (χ3v) is 4.91. The lowest BCUT2D eigenvalue weighted by Gasteiger charge is -2.17. The van der Waals surface area contributed by atoms with Crippen molar-refractivity contribution in [1.82, 2.24) is 4.98 Å². The maximum absolute atomic E-state index is 8.92. The van der Waals surface area contributed by atoms with Gasteiger partial charge in [0, 0.05) is 17.6 Å². The van der Waals surface area contributed by atoms with Gasteiger partial charge in [-0.15, -0.1) is 11.3 Å². The van der Waals surface area contributed by atoms with E-state index in [4.69, 9.17) is 14.8 Å². The average Bonchev–Trinajstić information content (AvgIpc) is 3.10. The van der Waals surface area contributed by atoms with Crippen LogP contribution in [0.25, 0.3) is 11.3 Å². The van der Waals surface area contributed by atoms with Gasteiger partial charge < -0.3 is 15.2 Å². The summed E-state index contributed by atoms with van der Waals surface area (Å²) in [6, 6.07) is 8.35. The fourth-order valence-corrected chi connectivity index (χ4v) is 3.63. The number of nitrogens with one attached hydrogen (secondary N) is 1. The van der Waals surface area contributed by atoms with Crippen molar-refractivity contribution in [3.8, 4) is 17.0 Å². The monoisotopic (exact) mass is 370 g/mol. The summed E-state index contributed by atoms with van der Waals surface area (Å²) in [7, 11) is 0. The van der Waals surface area contributed by atoms with E-state index in [1.807, 2.05) is 38.1 Å². The Balaban J connectivity index is 1.57. The Hall–Kier alpha value is -2.11. The third kappa shape index (κ3) is 5.19. The number of nitrogens with zero attached hydrogens (tertiary/aromatic N) is 1. The van der Waals surface area contributed by atoms with Gasteiger partial charge in [0.15, 0.2) is 5.13 Å². The summed E-state index contributed by atoms with van der Waals surface area (Å²) in [4.78, 5) is 4.71. The number of aliphatic hydroxyl groups is 1. The smallest absolute Gasteiger partial charge is 0.183 e. The Bertz CT molecular complexity index is 763. The van der Waals surface area contributed by atoms with E-state index in [1.165, 1.54) is 5.57 Å². The Kier molecular flexibility index (Phi) is 6.47. The van der Waals surface area contributed by atoms with Gasteiger partial charge in [0.25, 0.3) is 0 Å². The highest BCUT2D eigenvalue weighted by Gasteiger charge is 2.11. The summed E-state index contributed by atoms with van der Waals surface area (Å²) < 4.78 is 5.69. The summed E-state index contributed by atoms with van der Waals surface area (Å²) >= 11 is 1.63. The SMILES string of the molecule is CC(C)Oc1ccc(-c2csc(NC3C=CC(CCCO)=CC3)n2)cc1. The molecule has 2 N–H and O–H groups in total. The van der Waals surface area contributed by atoms with Crippen LogP contribution in [0.15, 0.2) is 53.4 Å². The van der Waals surface area contributed by atoms with Crippen LogP contribution >= 0.6 is 11.3 Å². The van der Waals surface area contributed by atoms with Gasteiger partial charge in [-0.05, 0) is 57.4 Å². The van der Waals surface area contributed by atoms with E-state index in [2.05, 4.69) is 28.9 Å². The van der Waals surface area contributed by atoms with Crippen LogP contribution < -0.4 is 10.1 Å². The van der Waals surface area contributed by atoms with Crippen molar-refractivity contribution in [2.24, 2.45) is 0 Å². The van der Waals surface area contributed by atoms with E-state index < -0.39 is 0 Å². The van der Waals surface area contributed by atoms with Crippen LogP contribution in [0.5, 0.6) is 5.75 Å². The number of thiazole rings is 1. The third-order valence-electron chi connectivity index (χ3n) is 4.14. The minimum absolute atomic E-state index is 0.178. The molecule has 0 saturated carbocycles. The molecule has 0 spiro atoms. The molecule has 0 aliphatic heterocycles. The minimum atomic E-state index is 0.178. The van der Waals surface area contributed by atoms with E-state index in [0.29, 0.717) is 0 Å². The van der Waals surface area contributed by atoms with Crippen molar-refractivity contribution in [2.45, 2.75) is 45.3 Å². The van der Waals surface area contributed by atoms with Crippen molar-refractivity contribution in [3.05, 3.63) is 53.4 Å². The lowest BCUT2D eigenvalue weighted by Crippen LogP contribution is -2.17. The fourth-order valence-electron chi connectivity index (χ4n) is 2.85. The molecule has 5 heteroatoms. The van der Waals surface area contributed by atoms with Crippen molar-refractivity contribution in [1.29, 1.82) is 0 Å². The minimum Gasteiger partial charge on any atom is -0.491 e. The first kappa shape index (κ1) is 18.7. The van der Waals surface area contributed by atoms with Crippen molar-refractivity contribution in [2.75, 3.05) is 11.9 Å². The Morgan fingerprint density at radius 2 is 2.12 bits per heavy atom. The second-order valence-electron chi connectivity index (χ2n) is 6.68. The molecule has 1 heterocycles. The molecule has 1 aromatic carbocycles.